The number of methoxy groups -OCH3 is 1. The van der Waals surface area contributed by atoms with Crippen molar-refractivity contribution in [2.75, 3.05) is 13.7 Å². The molecule has 0 spiro atoms. The van der Waals surface area contributed by atoms with Crippen LogP contribution in [-0.2, 0) is 11.2 Å². The number of pyridine rings is 1. The standard InChI is InChI=1S/C24H22FNO3/c1-28-24(27)21-10-12-26-15-18(21)7-6-16-11-13-29-23-14-17(8-9-20(16)23)19-4-2-3-5-22(19)25/h2-5,8-10,12,14-16H,6-7,11,13H2,1H3. The highest BCUT2D eigenvalue weighted by molar-refractivity contribution is 5.90. The molecule has 4 nitrogen and oxygen atoms in total. The van der Waals surface area contributed by atoms with E-state index in [0.717, 1.165) is 41.7 Å². The van der Waals surface area contributed by atoms with Crippen LogP contribution in [0, 0.1) is 5.82 Å². The highest BCUT2D eigenvalue weighted by Crippen LogP contribution is 2.39. The second-order valence-corrected chi connectivity index (χ2v) is 7.13. The van der Waals surface area contributed by atoms with Crippen molar-refractivity contribution >= 4 is 5.97 Å². The van der Waals surface area contributed by atoms with Gasteiger partial charge in [-0.2, -0.15) is 0 Å². The minimum Gasteiger partial charge on any atom is -0.493 e. The third kappa shape index (κ3) is 3.99. The Morgan fingerprint density at radius 2 is 2.10 bits per heavy atom. The molecule has 2 heterocycles. The highest BCUT2D eigenvalue weighted by atomic mass is 19.1. The van der Waals surface area contributed by atoms with E-state index < -0.39 is 0 Å². The Kier molecular flexibility index (Phi) is 5.56. The molecule has 0 aliphatic carbocycles. The predicted octanol–water partition coefficient (Wildman–Crippen LogP) is 5.17. The van der Waals surface area contributed by atoms with E-state index in [1.165, 1.54) is 13.2 Å². The number of aryl methyl sites for hydroxylation is 1. The van der Waals surface area contributed by atoms with Gasteiger partial charge in [0.25, 0.3) is 0 Å². The summed E-state index contributed by atoms with van der Waals surface area (Å²) in [7, 11) is 1.38. The molecule has 2 aromatic carbocycles. The Hall–Kier alpha value is -3.21. The van der Waals surface area contributed by atoms with Crippen LogP contribution in [-0.4, -0.2) is 24.7 Å². The van der Waals surface area contributed by atoms with Gasteiger partial charge in [-0.25, -0.2) is 9.18 Å². The Bertz CT molecular complexity index is 1030. The molecular formula is C24H22FNO3. The average molecular weight is 391 g/mol. The van der Waals surface area contributed by atoms with E-state index in [1.54, 1.807) is 30.6 Å². The number of esters is 1. The van der Waals surface area contributed by atoms with E-state index in [9.17, 15) is 9.18 Å². The van der Waals surface area contributed by atoms with Gasteiger partial charge in [-0.15, -0.1) is 0 Å². The van der Waals surface area contributed by atoms with Gasteiger partial charge in [-0.3, -0.25) is 4.98 Å². The number of benzene rings is 2. The fourth-order valence-corrected chi connectivity index (χ4v) is 3.89. The number of halogens is 1. The Morgan fingerprint density at radius 3 is 2.93 bits per heavy atom. The molecule has 4 rings (SSSR count). The number of fused-ring (bicyclic) bond motifs is 1. The molecule has 1 unspecified atom stereocenters. The minimum atomic E-state index is -0.343. The van der Waals surface area contributed by atoms with Crippen LogP contribution in [0.2, 0.25) is 0 Å². The molecule has 1 aliphatic heterocycles. The fraction of sp³-hybridized carbons (Fsp3) is 0.250. The number of rotatable bonds is 5. The Labute approximate surface area is 169 Å². The van der Waals surface area contributed by atoms with Gasteiger partial charge in [0.15, 0.2) is 0 Å². The first-order valence-corrected chi connectivity index (χ1v) is 9.70. The highest BCUT2D eigenvalue weighted by Gasteiger charge is 2.23. The number of carbonyl (C=O) groups excluding carboxylic acids is 1. The lowest BCUT2D eigenvalue weighted by Crippen LogP contribution is -2.15. The molecule has 0 saturated carbocycles. The summed E-state index contributed by atoms with van der Waals surface area (Å²) in [5, 5.41) is 0. The lowest BCUT2D eigenvalue weighted by Gasteiger charge is -2.26. The van der Waals surface area contributed by atoms with E-state index in [-0.39, 0.29) is 11.8 Å². The molecule has 1 aromatic heterocycles. The summed E-state index contributed by atoms with van der Waals surface area (Å²) in [5.41, 5.74) is 3.95. The molecule has 3 aromatic rings. The van der Waals surface area contributed by atoms with Crippen molar-refractivity contribution in [1.29, 1.82) is 0 Å². The molecule has 0 bridgehead atoms. The number of carbonyl (C=O) groups is 1. The van der Waals surface area contributed by atoms with Crippen LogP contribution in [0.1, 0.15) is 40.2 Å². The molecule has 148 valence electrons. The van der Waals surface area contributed by atoms with E-state index in [0.29, 0.717) is 23.7 Å². The van der Waals surface area contributed by atoms with Gasteiger partial charge in [-0.1, -0.05) is 30.3 Å². The van der Waals surface area contributed by atoms with Crippen molar-refractivity contribution in [1.82, 2.24) is 4.98 Å². The quantitative estimate of drug-likeness (QED) is 0.563. The lowest BCUT2D eigenvalue weighted by atomic mass is 9.86. The molecule has 0 amide bonds. The van der Waals surface area contributed by atoms with Crippen molar-refractivity contribution in [2.24, 2.45) is 0 Å². The van der Waals surface area contributed by atoms with E-state index in [2.05, 4.69) is 4.98 Å². The molecule has 5 heteroatoms. The summed E-state index contributed by atoms with van der Waals surface area (Å²) < 4.78 is 24.9. The summed E-state index contributed by atoms with van der Waals surface area (Å²) in [6.45, 7) is 0.620. The second-order valence-electron chi connectivity index (χ2n) is 7.13. The minimum absolute atomic E-state index is 0.244. The van der Waals surface area contributed by atoms with Gasteiger partial charge in [0, 0.05) is 18.0 Å². The molecule has 0 radical (unpaired) electrons. The van der Waals surface area contributed by atoms with Crippen molar-refractivity contribution in [3.8, 4) is 16.9 Å². The maximum atomic E-state index is 14.1. The molecule has 1 atom stereocenters. The predicted molar refractivity (Wildman–Crippen MR) is 109 cm³/mol. The van der Waals surface area contributed by atoms with Crippen molar-refractivity contribution in [3.63, 3.8) is 0 Å². The molecule has 0 saturated heterocycles. The smallest absolute Gasteiger partial charge is 0.338 e. The summed E-state index contributed by atoms with van der Waals surface area (Å²) in [6.07, 6.45) is 5.82. The normalized spacial score (nSPS) is 15.3. The maximum absolute atomic E-state index is 14.1. The molecule has 1 aliphatic rings. The number of aromatic nitrogens is 1. The van der Waals surface area contributed by atoms with Crippen molar-refractivity contribution in [2.45, 2.75) is 25.2 Å². The van der Waals surface area contributed by atoms with Gasteiger partial charge in [0.05, 0.1) is 19.3 Å². The van der Waals surface area contributed by atoms with Crippen molar-refractivity contribution < 1.29 is 18.7 Å². The van der Waals surface area contributed by atoms with Crippen LogP contribution in [0.3, 0.4) is 0 Å². The van der Waals surface area contributed by atoms with Crippen LogP contribution in [0.4, 0.5) is 4.39 Å². The largest absolute Gasteiger partial charge is 0.493 e. The molecule has 29 heavy (non-hydrogen) atoms. The number of ether oxygens (including phenoxy) is 2. The molecular weight excluding hydrogens is 369 g/mol. The summed E-state index contributed by atoms with van der Waals surface area (Å²) in [6, 6.07) is 14.3. The Morgan fingerprint density at radius 1 is 1.24 bits per heavy atom. The maximum Gasteiger partial charge on any atom is 0.338 e. The van der Waals surface area contributed by atoms with Gasteiger partial charge < -0.3 is 9.47 Å². The number of nitrogens with zero attached hydrogens (tertiary/aromatic N) is 1. The lowest BCUT2D eigenvalue weighted by molar-refractivity contribution is 0.0599. The zero-order valence-corrected chi connectivity index (χ0v) is 16.2. The van der Waals surface area contributed by atoms with E-state index >= 15 is 0 Å². The van der Waals surface area contributed by atoms with Gasteiger partial charge in [0.2, 0.25) is 0 Å². The number of hydrogen-bond donors (Lipinski definition) is 0. The van der Waals surface area contributed by atoms with E-state index in [4.69, 9.17) is 9.47 Å². The van der Waals surface area contributed by atoms with Gasteiger partial charge >= 0.3 is 5.97 Å². The first kappa shape index (κ1) is 19.1. The van der Waals surface area contributed by atoms with Crippen LogP contribution in [0.15, 0.2) is 60.9 Å². The monoisotopic (exact) mass is 391 g/mol. The summed E-state index contributed by atoms with van der Waals surface area (Å²) in [4.78, 5) is 16.1. The molecule has 0 N–H and O–H groups in total. The number of hydrogen-bond acceptors (Lipinski definition) is 4. The van der Waals surface area contributed by atoms with Gasteiger partial charge in [0.1, 0.15) is 11.6 Å². The van der Waals surface area contributed by atoms with E-state index in [1.807, 2.05) is 24.3 Å². The van der Waals surface area contributed by atoms with Crippen molar-refractivity contribution in [3.05, 3.63) is 83.4 Å². The average Bonchev–Trinajstić information content (AvgIpc) is 2.77. The van der Waals surface area contributed by atoms with Crippen LogP contribution in [0.5, 0.6) is 5.75 Å². The topological polar surface area (TPSA) is 48.4 Å². The third-order valence-electron chi connectivity index (χ3n) is 5.43. The first-order chi connectivity index (χ1) is 14.2. The first-order valence-electron chi connectivity index (χ1n) is 9.70. The van der Waals surface area contributed by atoms with Crippen LogP contribution < -0.4 is 4.74 Å². The van der Waals surface area contributed by atoms with Crippen LogP contribution >= 0.6 is 0 Å². The summed E-state index contributed by atoms with van der Waals surface area (Å²) in [5.74, 6) is 0.525. The second kappa shape index (κ2) is 8.43. The molecule has 0 fully saturated rings. The van der Waals surface area contributed by atoms with Gasteiger partial charge in [-0.05, 0) is 60.1 Å². The van der Waals surface area contributed by atoms with Crippen LogP contribution in [0.25, 0.3) is 11.1 Å². The fourth-order valence-electron chi connectivity index (χ4n) is 3.89. The summed E-state index contributed by atoms with van der Waals surface area (Å²) >= 11 is 0. The zero-order valence-electron chi connectivity index (χ0n) is 16.2. The Balaban J connectivity index is 1.55. The zero-order chi connectivity index (χ0) is 20.2. The third-order valence-corrected chi connectivity index (χ3v) is 5.43. The SMILES string of the molecule is COC(=O)c1ccncc1CCC1CCOc2cc(-c3ccccc3F)ccc21.